The lowest BCUT2D eigenvalue weighted by Crippen LogP contribution is -1.97. The number of hydrogen-bond acceptors (Lipinski definition) is 2. The molecular weight excluding hydrogens is 92.1 g/mol. The Balaban J connectivity index is 3.32. The zero-order valence-corrected chi connectivity index (χ0v) is 4.23. The van der Waals surface area contributed by atoms with E-state index in [2.05, 4.69) is 6.92 Å². The summed E-state index contributed by atoms with van der Waals surface area (Å²) in [6, 6.07) is 0. The van der Waals surface area contributed by atoms with E-state index in [9.17, 15) is 9.59 Å². The first-order valence-corrected chi connectivity index (χ1v) is 1.97. The van der Waals surface area contributed by atoms with Gasteiger partial charge in [-0.15, -0.1) is 0 Å². The van der Waals surface area contributed by atoms with Crippen molar-refractivity contribution < 1.29 is 9.59 Å². The highest BCUT2D eigenvalue weighted by Crippen LogP contribution is 1.79. The molecule has 0 unspecified atom stereocenters. The number of carbonyl (C=O) groups excluding carboxylic acids is 2. The van der Waals surface area contributed by atoms with Gasteiger partial charge in [-0.25, -0.2) is 0 Å². The summed E-state index contributed by atoms with van der Waals surface area (Å²) < 4.78 is 0. The third-order valence-corrected chi connectivity index (χ3v) is 0.446. The summed E-state index contributed by atoms with van der Waals surface area (Å²) in [6.45, 7) is 4.38. The molecule has 0 aromatic carbocycles. The summed E-state index contributed by atoms with van der Waals surface area (Å²) >= 11 is 0. The first-order valence-electron chi connectivity index (χ1n) is 1.97. The van der Waals surface area contributed by atoms with E-state index in [-0.39, 0.29) is 18.0 Å². The van der Waals surface area contributed by atoms with Crippen molar-refractivity contribution in [1.29, 1.82) is 0 Å². The van der Waals surface area contributed by atoms with E-state index in [1.54, 1.807) is 0 Å². The van der Waals surface area contributed by atoms with E-state index in [4.69, 9.17) is 0 Å². The zero-order chi connectivity index (χ0) is 5.86. The van der Waals surface area contributed by atoms with E-state index >= 15 is 0 Å². The third kappa shape index (κ3) is 5.34. The minimum atomic E-state index is -0.312. The Kier molecular flexibility index (Phi) is 2.27. The van der Waals surface area contributed by atoms with Crippen LogP contribution in [0.2, 0.25) is 0 Å². The minimum Gasteiger partial charge on any atom is -0.300 e. The molecule has 2 nitrogen and oxygen atoms in total. The van der Waals surface area contributed by atoms with Crippen molar-refractivity contribution in [3.63, 3.8) is 0 Å². The average molecular weight is 99.1 g/mol. The molecule has 39 valence electrons. The molecule has 0 fully saturated rings. The second-order valence-electron chi connectivity index (χ2n) is 1.42. The van der Waals surface area contributed by atoms with Gasteiger partial charge < -0.3 is 0 Å². The van der Waals surface area contributed by atoms with Crippen LogP contribution in [0.3, 0.4) is 0 Å². The van der Waals surface area contributed by atoms with Gasteiger partial charge in [-0.2, -0.15) is 0 Å². The summed E-state index contributed by atoms with van der Waals surface area (Å²) in [6.07, 6.45) is -0.0278. The number of hydrogen-bond donors (Lipinski definition) is 0. The summed E-state index contributed by atoms with van der Waals surface area (Å²) in [7, 11) is 0. The van der Waals surface area contributed by atoms with Crippen molar-refractivity contribution in [3.8, 4) is 0 Å². The van der Waals surface area contributed by atoms with E-state index < -0.39 is 0 Å². The van der Waals surface area contributed by atoms with Gasteiger partial charge in [0.1, 0.15) is 11.6 Å². The fraction of sp³-hybridized carbons (Fsp3) is 0.400. The SMILES string of the molecule is [CH2]C(=O)CC(C)=O. The fourth-order valence-corrected chi connectivity index (χ4v) is 0.278. The smallest absolute Gasteiger partial charge is 0.140 e. The molecule has 0 N–H and O–H groups in total. The Morgan fingerprint density at radius 2 is 2.00 bits per heavy atom. The van der Waals surface area contributed by atoms with Crippen molar-refractivity contribution in [2.24, 2.45) is 0 Å². The molecule has 0 aromatic heterocycles. The van der Waals surface area contributed by atoms with Gasteiger partial charge in [0.05, 0.1) is 6.42 Å². The van der Waals surface area contributed by atoms with Gasteiger partial charge in [-0.3, -0.25) is 9.59 Å². The van der Waals surface area contributed by atoms with Crippen LogP contribution in [0.1, 0.15) is 13.3 Å². The molecule has 0 spiro atoms. The van der Waals surface area contributed by atoms with Gasteiger partial charge in [0.15, 0.2) is 0 Å². The standard InChI is InChI=1S/C5H7O2/c1-4(6)3-5(2)7/h1,3H2,2H3. The number of rotatable bonds is 2. The highest BCUT2D eigenvalue weighted by atomic mass is 16.1. The highest BCUT2D eigenvalue weighted by molar-refractivity contribution is 5.99. The van der Waals surface area contributed by atoms with E-state index in [1.165, 1.54) is 6.92 Å². The predicted octanol–water partition coefficient (Wildman–Crippen LogP) is 0.369. The van der Waals surface area contributed by atoms with Gasteiger partial charge in [-0.05, 0) is 6.92 Å². The quantitative estimate of drug-likeness (QED) is 0.468. The lowest BCUT2D eigenvalue weighted by atomic mass is 10.2. The summed E-state index contributed by atoms with van der Waals surface area (Å²) in [4.78, 5) is 19.9. The van der Waals surface area contributed by atoms with Gasteiger partial charge >= 0.3 is 0 Å². The summed E-state index contributed by atoms with van der Waals surface area (Å²) in [5.74, 6) is -0.437. The molecule has 0 rings (SSSR count). The van der Waals surface area contributed by atoms with E-state index in [0.29, 0.717) is 0 Å². The molecule has 0 aromatic rings. The molecule has 0 atom stereocenters. The minimum absolute atomic E-state index is 0.0278. The van der Waals surface area contributed by atoms with Crippen LogP contribution in [0.15, 0.2) is 0 Å². The first kappa shape index (κ1) is 6.34. The normalized spacial score (nSPS) is 8.29. The monoisotopic (exact) mass is 99.0 g/mol. The third-order valence-electron chi connectivity index (χ3n) is 0.446. The molecule has 0 amide bonds. The van der Waals surface area contributed by atoms with Crippen LogP contribution in [-0.4, -0.2) is 11.6 Å². The van der Waals surface area contributed by atoms with Crippen molar-refractivity contribution in [2.75, 3.05) is 0 Å². The second-order valence-corrected chi connectivity index (χ2v) is 1.42. The van der Waals surface area contributed by atoms with Crippen LogP contribution >= 0.6 is 0 Å². The molecule has 2 heteroatoms. The largest absolute Gasteiger partial charge is 0.300 e. The lowest BCUT2D eigenvalue weighted by Gasteiger charge is -1.81. The lowest BCUT2D eigenvalue weighted by molar-refractivity contribution is -0.123. The molecule has 0 bridgehead atoms. The average Bonchev–Trinajstić information content (AvgIpc) is 1.27. The van der Waals surface area contributed by atoms with E-state index in [1.807, 2.05) is 0 Å². The molecule has 1 radical (unpaired) electrons. The second kappa shape index (κ2) is 2.50. The van der Waals surface area contributed by atoms with Crippen molar-refractivity contribution >= 4 is 11.6 Å². The van der Waals surface area contributed by atoms with Crippen LogP contribution in [0.25, 0.3) is 0 Å². The molecule has 0 aliphatic heterocycles. The summed E-state index contributed by atoms with van der Waals surface area (Å²) in [5, 5.41) is 0. The molecule has 0 saturated heterocycles. The molecule has 0 aliphatic carbocycles. The Bertz CT molecular complexity index is 82.3. The van der Waals surface area contributed by atoms with Crippen LogP contribution < -0.4 is 0 Å². The van der Waals surface area contributed by atoms with Crippen LogP contribution in [0.4, 0.5) is 0 Å². The van der Waals surface area contributed by atoms with Crippen LogP contribution in [0.5, 0.6) is 0 Å². The number of Topliss-reactive ketones (excluding diaryl/α,β-unsaturated/α-hetero) is 2. The Morgan fingerprint density at radius 1 is 1.57 bits per heavy atom. The Hall–Kier alpha value is -0.660. The maximum atomic E-state index is 9.99. The summed E-state index contributed by atoms with van der Waals surface area (Å²) in [5.41, 5.74) is 0. The van der Waals surface area contributed by atoms with Crippen molar-refractivity contribution in [2.45, 2.75) is 13.3 Å². The van der Waals surface area contributed by atoms with Crippen molar-refractivity contribution in [1.82, 2.24) is 0 Å². The van der Waals surface area contributed by atoms with Gasteiger partial charge in [0, 0.05) is 6.92 Å². The molecule has 7 heavy (non-hydrogen) atoms. The van der Waals surface area contributed by atoms with Gasteiger partial charge in [0.25, 0.3) is 0 Å². The maximum Gasteiger partial charge on any atom is 0.140 e. The van der Waals surface area contributed by atoms with Gasteiger partial charge in [0.2, 0.25) is 0 Å². The highest BCUT2D eigenvalue weighted by Gasteiger charge is 1.95. The first-order chi connectivity index (χ1) is 3.13. The van der Waals surface area contributed by atoms with Crippen LogP contribution in [-0.2, 0) is 9.59 Å². The molecule has 0 aliphatic rings. The van der Waals surface area contributed by atoms with E-state index in [0.717, 1.165) is 0 Å². The maximum absolute atomic E-state index is 9.99. The topological polar surface area (TPSA) is 34.1 Å². The molecule has 0 heterocycles. The van der Waals surface area contributed by atoms with Crippen molar-refractivity contribution in [3.05, 3.63) is 6.92 Å². The Morgan fingerprint density at radius 3 is 2.00 bits per heavy atom. The Labute approximate surface area is 42.5 Å². The van der Waals surface area contributed by atoms with Gasteiger partial charge in [-0.1, -0.05) is 0 Å². The van der Waals surface area contributed by atoms with Crippen LogP contribution in [0, 0.1) is 6.92 Å². The number of ketones is 2. The predicted molar refractivity (Wildman–Crippen MR) is 25.7 cm³/mol. The fourth-order valence-electron chi connectivity index (χ4n) is 0.278. The molecule has 0 saturated carbocycles. The zero-order valence-electron chi connectivity index (χ0n) is 4.23. The molecular formula is C5H7O2. The number of carbonyl (C=O) groups is 2.